The van der Waals surface area contributed by atoms with Gasteiger partial charge in [0.05, 0.1) is 11.0 Å². The molecule has 7 nitrogen and oxygen atoms in total. The molecule has 1 aliphatic rings. The fraction of sp³-hybridized carbons (Fsp3) is 0.273. The summed E-state index contributed by atoms with van der Waals surface area (Å²) in [5, 5.41) is 1.01. The van der Waals surface area contributed by atoms with Gasteiger partial charge in [-0.3, -0.25) is 4.79 Å². The number of nitrogens with zero attached hydrogens (tertiary/aromatic N) is 2. The molecule has 3 N–H and O–H groups in total. The molecule has 148 valence electrons. The van der Waals surface area contributed by atoms with Crippen molar-refractivity contribution in [1.82, 2.24) is 14.5 Å². The molecule has 3 heterocycles. The van der Waals surface area contributed by atoms with Crippen LogP contribution in [0.3, 0.4) is 0 Å². The Kier molecular flexibility index (Phi) is 4.44. The quantitative estimate of drug-likeness (QED) is 0.511. The summed E-state index contributed by atoms with van der Waals surface area (Å²) in [4.78, 5) is 20.6. The number of rotatable bonds is 5. The number of aromatic nitrogens is 3. The molecule has 29 heavy (non-hydrogen) atoms. The van der Waals surface area contributed by atoms with Gasteiger partial charge in [-0.05, 0) is 25.5 Å². The zero-order valence-corrected chi connectivity index (χ0v) is 16.0. The number of unbranched alkanes of at least 4 members (excludes halogenated alkanes) is 1. The summed E-state index contributed by atoms with van der Waals surface area (Å²) in [6.07, 6.45) is 3.96. The summed E-state index contributed by atoms with van der Waals surface area (Å²) in [7, 11) is 0. The molecule has 0 saturated carbocycles. The first-order chi connectivity index (χ1) is 14.2. The minimum atomic E-state index is -0.223. The highest BCUT2D eigenvalue weighted by Gasteiger charge is 2.18. The van der Waals surface area contributed by atoms with Crippen LogP contribution >= 0.6 is 0 Å². The Morgan fingerprint density at radius 1 is 1.10 bits per heavy atom. The molecule has 2 aromatic carbocycles. The first-order valence-electron chi connectivity index (χ1n) is 9.86. The van der Waals surface area contributed by atoms with E-state index in [0.29, 0.717) is 48.0 Å². The molecule has 0 radical (unpaired) electrons. The standard InChI is InChI=1S/C22H22N4O3/c23-7-3-4-8-26-13-15(14-5-1-2-6-18(14)26)21-22(27)25-17-12-20-19(11-16(17)24-21)28-9-10-29-20/h1-2,5-6,11-13H,3-4,7-10,23H2,(H,25,27). The smallest absolute Gasteiger partial charge is 0.275 e. The van der Waals surface area contributed by atoms with Crippen LogP contribution < -0.4 is 20.8 Å². The van der Waals surface area contributed by atoms with E-state index in [0.717, 1.165) is 35.9 Å². The lowest BCUT2D eigenvalue weighted by molar-refractivity contribution is 0.172. The molecule has 0 bridgehead atoms. The van der Waals surface area contributed by atoms with Crippen LogP contribution in [-0.2, 0) is 6.54 Å². The fourth-order valence-electron chi connectivity index (χ4n) is 3.85. The summed E-state index contributed by atoms with van der Waals surface area (Å²) in [6.45, 7) is 2.53. The van der Waals surface area contributed by atoms with Gasteiger partial charge in [-0.15, -0.1) is 0 Å². The number of aryl methyl sites for hydroxylation is 1. The van der Waals surface area contributed by atoms with Crippen molar-refractivity contribution < 1.29 is 9.47 Å². The Labute approximate surface area is 167 Å². The van der Waals surface area contributed by atoms with Crippen molar-refractivity contribution in [1.29, 1.82) is 0 Å². The van der Waals surface area contributed by atoms with Crippen LogP contribution in [0.2, 0.25) is 0 Å². The highest BCUT2D eigenvalue weighted by atomic mass is 16.6. The van der Waals surface area contributed by atoms with Crippen molar-refractivity contribution in [3.05, 3.63) is 52.9 Å². The van der Waals surface area contributed by atoms with Crippen LogP contribution in [0.1, 0.15) is 12.8 Å². The number of fused-ring (bicyclic) bond motifs is 3. The molecule has 7 heteroatoms. The maximum atomic E-state index is 12.9. The number of aromatic amines is 1. The van der Waals surface area contributed by atoms with Gasteiger partial charge in [0.15, 0.2) is 11.5 Å². The van der Waals surface area contributed by atoms with E-state index in [9.17, 15) is 4.79 Å². The lowest BCUT2D eigenvalue weighted by Crippen LogP contribution is -2.16. The van der Waals surface area contributed by atoms with Gasteiger partial charge in [0.25, 0.3) is 5.56 Å². The molecule has 0 amide bonds. The molecular weight excluding hydrogens is 368 g/mol. The number of benzene rings is 2. The second kappa shape index (κ2) is 7.25. The molecule has 1 aliphatic heterocycles. The van der Waals surface area contributed by atoms with Crippen LogP contribution in [0.25, 0.3) is 33.2 Å². The number of para-hydroxylation sites is 1. The monoisotopic (exact) mass is 390 g/mol. The maximum Gasteiger partial charge on any atom is 0.275 e. The first kappa shape index (κ1) is 17.8. The van der Waals surface area contributed by atoms with Gasteiger partial charge >= 0.3 is 0 Å². The highest BCUT2D eigenvalue weighted by Crippen LogP contribution is 2.34. The normalized spacial score (nSPS) is 13.3. The van der Waals surface area contributed by atoms with Crippen molar-refractivity contribution in [3.8, 4) is 22.8 Å². The third-order valence-electron chi connectivity index (χ3n) is 5.25. The van der Waals surface area contributed by atoms with Gasteiger partial charge in [-0.25, -0.2) is 4.98 Å². The predicted molar refractivity (Wildman–Crippen MR) is 113 cm³/mol. The number of H-pyrrole nitrogens is 1. The molecule has 2 aromatic heterocycles. The van der Waals surface area contributed by atoms with E-state index >= 15 is 0 Å². The van der Waals surface area contributed by atoms with Crippen molar-refractivity contribution in [2.75, 3.05) is 19.8 Å². The number of hydrogen-bond acceptors (Lipinski definition) is 5. The Balaban J connectivity index is 1.66. The average molecular weight is 390 g/mol. The zero-order chi connectivity index (χ0) is 19.8. The summed E-state index contributed by atoms with van der Waals surface area (Å²) in [5.74, 6) is 1.28. The Bertz CT molecular complexity index is 1260. The van der Waals surface area contributed by atoms with E-state index in [1.54, 1.807) is 6.07 Å². The summed E-state index contributed by atoms with van der Waals surface area (Å²) < 4.78 is 13.4. The molecule has 0 unspecified atom stereocenters. The van der Waals surface area contributed by atoms with Crippen LogP contribution in [0.5, 0.6) is 11.5 Å². The van der Waals surface area contributed by atoms with Crippen molar-refractivity contribution in [2.45, 2.75) is 19.4 Å². The van der Waals surface area contributed by atoms with Crippen LogP contribution in [0.4, 0.5) is 0 Å². The molecule has 5 rings (SSSR count). The van der Waals surface area contributed by atoms with E-state index in [2.05, 4.69) is 15.6 Å². The van der Waals surface area contributed by atoms with Crippen molar-refractivity contribution >= 4 is 21.9 Å². The maximum absolute atomic E-state index is 12.9. The van der Waals surface area contributed by atoms with Crippen molar-refractivity contribution in [2.24, 2.45) is 5.73 Å². The zero-order valence-electron chi connectivity index (χ0n) is 16.0. The SMILES string of the molecule is NCCCCn1cc(-c2nc3cc4c(cc3[nH]c2=O)OCCO4)c2ccccc21. The molecule has 0 fully saturated rings. The third-order valence-corrected chi connectivity index (χ3v) is 5.25. The summed E-state index contributed by atoms with van der Waals surface area (Å²) in [5.41, 5.74) is 9.04. The van der Waals surface area contributed by atoms with E-state index in [4.69, 9.17) is 20.2 Å². The summed E-state index contributed by atoms with van der Waals surface area (Å²) in [6, 6.07) is 11.7. The lowest BCUT2D eigenvalue weighted by atomic mass is 10.1. The molecule has 0 aliphatic carbocycles. The fourth-order valence-corrected chi connectivity index (χ4v) is 3.85. The van der Waals surface area contributed by atoms with Gasteiger partial charge in [-0.1, -0.05) is 18.2 Å². The lowest BCUT2D eigenvalue weighted by Gasteiger charge is -2.18. The topological polar surface area (TPSA) is 95.2 Å². The van der Waals surface area contributed by atoms with Gasteiger partial charge in [0, 0.05) is 41.3 Å². The number of hydrogen-bond donors (Lipinski definition) is 2. The minimum absolute atomic E-state index is 0.223. The van der Waals surface area contributed by atoms with Gasteiger partial charge < -0.3 is 24.8 Å². The van der Waals surface area contributed by atoms with Crippen molar-refractivity contribution in [3.63, 3.8) is 0 Å². The van der Waals surface area contributed by atoms with E-state index in [1.807, 2.05) is 30.5 Å². The minimum Gasteiger partial charge on any atom is -0.486 e. The second-order valence-corrected chi connectivity index (χ2v) is 7.18. The molecule has 0 atom stereocenters. The largest absolute Gasteiger partial charge is 0.486 e. The summed E-state index contributed by atoms with van der Waals surface area (Å²) >= 11 is 0. The van der Waals surface area contributed by atoms with Gasteiger partial charge in [0.1, 0.15) is 18.9 Å². The van der Waals surface area contributed by atoms with E-state index in [1.165, 1.54) is 0 Å². The number of ether oxygens (including phenoxy) is 2. The molecular formula is C22H22N4O3. The molecule has 0 saturated heterocycles. The Hall–Kier alpha value is -3.32. The van der Waals surface area contributed by atoms with Gasteiger partial charge in [0.2, 0.25) is 0 Å². The van der Waals surface area contributed by atoms with Crippen LogP contribution in [0, 0.1) is 0 Å². The van der Waals surface area contributed by atoms with Gasteiger partial charge in [-0.2, -0.15) is 0 Å². The average Bonchev–Trinajstić information content (AvgIpc) is 3.11. The van der Waals surface area contributed by atoms with Crippen LogP contribution in [-0.4, -0.2) is 34.3 Å². The predicted octanol–water partition coefficient (Wildman–Crippen LogP) is 3.05. The third kappa shape index (κ3) is 3.13. The number of nitrogens with two attached hydrogens (primary N) is 1. The number of nitrogens with one attached hydrogen (secondary N) is 1. The van der Waals surface area contributed by atoms with E-state index < -0.39 is 0 Å². The van der Waals surface area contributed by atoms with Crippen LogP contribution in [0.15, 0.2) is 47.4 Å². The molecule has 4 aromatic rings. The Morgan fingerprint density at radius 2 is 1.90 bits per heavy atom. The molecule has 0 spiro atoms. The first-order valence-corrected chi connectivity index (χ1v) is 9.86. The highest BCUT2D eigenvalue weighted by molar-refractivity contribution is 5.96. The Morgan fingerprint density at radius 3 is 2.72 bits per heavy atom. The van der Waals surface area contributed by atoms with E-state index in [-0.39, 0.29) is 5.56 Å². The second-order valence-electron chi connectivity index (χ2n) is 7.18.